The van der Waals surface area contributed by atoms with E-state index in [9.17, 15) is 4.79 Å². The molecule has 2 N–H and O–H groups in total. The Kier molecular flexibility index (Phi) is 8.63. The van der Waals surface area contributed by atoms with Crippen LogP contribution in [0, 0.1) is 0 Å². The number of nitrogens with zero attached hydrogens (tertiary/aromatic N) is 2. The van der Waals surface area contributed by atoms with Gasteiger partial charge in [0.2, 0.25) is 0 Å². The number of hydrazone groups is 1. The van der Waals surface area contributed by atoms with Gasteiger partial charge in [-0.1, -0.05) is 42.0 Å². The summed E-state index contributed by atoms with van der Waals surface area (Å²) in [6.45, 7) is 0.588. The van der Waals surface area contributed by atoms with Crippen molar-refractivity contribution in [2.75, 3.05) is 19.1 Å². The van der Waals surface area contributed by atoms with E-state index in [1.54, 1.807) is 31.3 Å². The summed E-state index contributed by atoms with van der Waals surface area (Å²) in [6, 6.07) is 12.9. The first-order chi connectivity index (χ1) is 15.5. The number of benzene rings is 2. The van der Waals surface area contributed by atoms with Crippen LogP contribution >= 0.6 is 11.6 Å². The molecule has 0 fully saturated rings. The van der Waals surface area contributed by atoms with Crippen LogP contribution < -0.4 is 10.2 Å². The molecule has 0 aliphatic heterocycles. The lowest BCUT2D eigenvalue weighted by molar-refractivity contribution is -0.136. The lowest BCUT2D eigenvalue weighted by atomic mass is 10.1. The van der Waals surface area contributed by atoms with Crippen molar-refractivity contribution in [1.29, 1.82) is 0 Å². The Bertz CT molecular complexity index is 1060. The van der Waals surface area contributed by atoms with Crippen molar-refractivity contribution in [3.8, 4) is 5.75 Å². The van der Waals surface area contributed by atoms with Crippen molar-refractivity contribution in [1.82, 2.24) is 0 Å². The molecule has 0 bridgehead atoms. The summed E-state index contributed by atoms with van der Waals surface area (Å²) in [7, 11) is 1.74. The number of nitrogens with one attached hydrogen (secondary N) is 1. The van der Waals surface area contributed by atoms with Crippen molar-refractivity contribution in [2.24, 2.45) is 10.1 Å². The molecule has 0 saturated carbocycles. The Morgan fingerprint density at radius 1 is 1.06 bits per heavy atom. The first-order valence-electron chi connectivity index (χ1n) is 10.4. The third-order valence-electron chi connectivity index (χ3n) is 4.88. The molecule has 0 aromatic heterocycles. The zero-order valence-corrected chi connectivity index (χ0v) is 18.7. The van der Waals surface area contributed by atoms with E-state index in [0.29, 0.717) is 11.6 Å². The van der Waals surface area contributed by atoms with Crippen LogP contribution in [0.1, 0.15) is 24.0 Å². The third-order valence-corrected chi connectivity index (χ3v) is 5.11. The van der Waals surface area contributed by atoms with E-state index in [0.717, 1.165) is 53.2 Å². The molecule has 2 aromatic rings. The van der Waals surface area contributed by atoms with E-state index in [4.69, 9.17) is 21.4 Å². The molecule has 6 nitrogen and oxygen atoms in total. The predicted molar refractivity (Wildman–Crippen MR) is 130 cm³/mol. The molecule has 0 heterocycles. The molecular weight excluding hydrogens is 426 g/mol. The number of allylic oxidation sites excluding steroid dienone is 4. The van der Waals surface area contributed by atoms with E-state index < -0.39 is 5.97 Å². The summed E-state index contributed by atoms with van der Waals surface area (Å²) >= 11 is 6.19. The summed E-state index contributed by atoms with van der Waals surface area (Å²) in [5.41, 5.74) is 7.48. The average molecular weight is 452 g/mol. The predicted octanol–water partition coefficient (Wildman–Crippen LogP) is 5.33. The first kappa shape index (κ1) is 23.3. The quantitative estimate of drug-likeness (QED) is 0.290. The molecule has 2 aromatic carbocycles. The number of anilines is 1. The average Bonchev–Trinajstić information content (AvgIpc) is 2.79. The van der Waals surface area contributed by atoms with Gasteiger partial charge in [-0.25, -0.2) is 0 Å². The lowest BCUT2D eigenvalue weighted by Crippen LogP contribution is -2.13. The largest absolute Gasteiger partial charge is 0.494 e. The van der Waals surface area contributed by atoms with E-state index in [-0.39, 0.29) is 6.42 Å². The highest BCUT2D eigenvalue weighted by molar-refractivity contribution is 6.51. The number of hydrogen-bond acceptors (Lipinski definition) is 5. The molecule has 3 rings (SSSR count). The number of unbranched alkanes of at least 4 members (excludes halogenated alkanes) is 1. The van der Waals surface area contributed by atoms with Crippen LogP contribution in [0.4, 0.5) is 5.69 Å². The van der Waals surface area contributed by atoms with Gasteiger partial charge in [-0.3, -0.25) is 15.2 Å². The third kappa shape index (κ3) is 7.10. The minimum Gasteiger partial charge on any atom is -0.494 e. The highest BCUT2D eigenvalue weighted by Gasteiger charge is 2.07. The molecule has 166 valence electrons. The second kappa shape index (κ2) is 11.9. The number of aliphatic imine (C=N–C) groups is 1. The number of ether oxygens (including phenoxy) is 1. The topological polar surface area (TPSA) is 83.3 Å². The van der Waals surface area contributed by atoms with Gasteiger partial charge in [0, 0.05) is 12.1 Å². The van der Waals surface area contributed by atoms with Crippen molar-refractivity contribution in [2.45, 2.75) is 25.7 Å². The monoisotopic (exact) mass is 451 g/mol. The number of hydrogen-bond donors (Lipinski definition) is 2. The molecule has 0 saturated heterocycles. The van der Waals surface area contributed by atoms with Crippen molar-refractivity contribution < 1.29 is 14.6 Å². The van der Waals surface area contributed by atoms with Crippen LogP contribution in [0.2, 0.25) is 5.02 Å². The summed E-state index contributed by atoms with van der Waals surface area (Å²) in [5, 5.41) is 14.0. The molecule has 0 radical (unpaired) electrons. The first-order valence-corrected chi connectivity index (χ1v) is 10.8. The van der Waals surface area contributed by atoms with Crippen LogP contribution in [0.3, 0.4) is 0 Å². The Hall–Kier alpha value is -3.38. The second-order valence-electron chi connectivity index (χ2n) is 7.26. The summed E-state index contributed by atoms with van der Waals surface area (Å²) in [6.07, 6.45) is 10.4. The van der Waals surface area contributed by atoms with Gasteiger partial charge in [0.1, 0.15) is 11.5 Å². The fourth-order valence-electron chi connectivity index (χ4n) is 3.22. The van der Waals surface area contributed by atoms with Crippen molar-refractivity contribution in [3.05, 3.63) is 82.9 Å². The zero-order chi connectivity index (χ0) is 22.8. The highest BCUT2D eigenvalue weighted by Crippen LogP contribution is 2.23. The van der Waals surface area contributed by atoms with Crippen LogP contribution in [0.25, 0.3) is 0 Å². The lowest BCUT2D eigenvalue weighted by Gasteiger charge is -2.12. The number of aryl methyl sites for hydroxylation is 1. The van der Waals surface area contributed by atoms with E-state index in [1.165, 1.54) is 0 Å². The minimum absolute atomic E-state index is 0.0167. The standard InChI is InChI=1S/C25H26ClN3O3/c1-27-22-7-2-3-8-23(22)28-29-24-17-20(26)12-11-19(24)6-4-5-15-32-21-13-9-18(10-14-21)16-25(30)31/h2-3,7-14,17,29H,4-6,15-16H2,1H3,(H,30,31)/b27-22-,28-23-. The maximum absolute atomic E-state index is 10.7. The second-order valence-corrected chi connectivity index (χ2v) is 7.69. The van der Waals surface area contributed by atoms with E-state index >= 15 is 0 Å². The Balaban J connectivity index is 1.50. The van der Waals surface area contributed by atoms with Gasteiger partial charge >= 0.3 is 5.97 Å². The van der Waals surface area contributed by atoms with Gasteiger partial charge in [-0.2, -0.15) is 5.10 Å². The van der Waals surface area contributed by atoms with Gasteiger partial charge in [-0.15, -0.1) is 0 Å². The van der Waals surface area contributed by atoms with Crippen LogP contribution in [-0.4, -0.2) is 36.2 Å². The number of halogens is 1. The number of carbonyl (C=O) groups is 1. The van der Waals surface area contributed by atoms with Crippen LogP contribution in [-0.2, 0) is 17.6 Å². The van der Waals surface area contributed by atoms with Crippen molar-refractivity contribution in [3.63, 3.8) is 0 Å². The SMILES string of the molecule is C/N=C1/C=CC=C/C1=N/Nc1cc(Cl)ccc1CCCCOc1ccc(CC(=O)O)cc1. The molecule has 32 heavy (non-hydrogen) atoms. The van der Waals surface area contributed by atoms with Gasteiger partial charge < -0.3 is 9.84 Å². The molecule has 0 unspecified atom stereocenters. The minimum atomic E-state index is -0.841. The molecule has 0 spiro atoms. The molecule has 0 amide bonds. The van der Waals surface area contributed by atoms with Crippen LogP contribution in [0.15, 0.2) is 76.9 Å². The Morgan fingerprint density at radius 3 is 2.53 bits per heavy atom. The van der Waals surface area contributed by atoms with E-state index in [2.05, 4.69) is 15.5 Å². The highest BCUT2D eigenvalue weighted by atomic mass is 35.5. The molecular formula is C25H26ClN3O3. The maximum Gasteiger partial charge on any atom is 0.307 e. The van der Waals surface area contributed by atoms with E-state index in [1.807, 2.05) is 42.5 Å². The van der Waals surface area contributed by atoms with Crippen LogP contribution in [0.5, 0.6) is 5.75 Å². The molecule has 1 aliphatic carbocycles. The summed E-state index contributed by atoms with van der Waals surface area (Å²) in [4.78, 5) is 15.0. The Labute approximate surface area is 193 Å². The zero-order valence-electron chi connectivity index (χ0n) is 17.9. The normalized spacial score (nSPS) is 15.3. The van der Waals surface area contributed by atoms with Crippen molar-refractivity contribution >= 4 is 34.7 Å². The van der Waals surface area contributed by atoms with Gasteiger partial charge in [0.05, 0.1) is 24.4 Å². The Morgan fingerprint density at radius 2 is 1.81 bits per heavy atom. The summed E-state index contributed by atoms with van der Waals surface area (Å²) in [5.74, 6) is -0.0982. The number of carboxylic acids is 1. The smallest absolute Gasteiger partial charge is 0.307 e. The molecule has 7 heteroatoms. The number of rotatable bonds is 10. The maximum atomic E-state index is 10.7. The fourth-order valence-corrected chi connectivity index (χ4v) is 3.40. The number of carboxylic acid groups (broad SMARTS) is 1. The van der Waals surface area contributed by atoms with Gasteiger partial charge in [0.25, 0.3) is 0 Å². The molecule has 1 aliphatic rings. The van der Waals surface area contributed by atoms with Gasteiger partial charge in [0.15, 0.2) is 0 Å². The van der Waals surface area contributed by atoms with Gasteiger partial charge in [-0.05, 0) is 66.8 Å². The molecule has 0 atom stereocenters. The number of aliphatic carboxylic acids is 1. The summed E-state index contributed by atoms with van der Waals surface area (Å²) < 4.78 is 5.77. The fraction of sp³-hybridized carbons (Fsp3) is 0.240.